The monoisotopic (exact) mass is 294 g/mol. The van der Waals surface area contributed by atoms with E-state index in [4.69, 9.17) is 0 Å². The highest BCUT2D eigenvalue weighted by Crippen LogP contribution is 2.24. The van der Waals surface area contributed by atoms with Gasteiger partial charge in [0.15, 0.2) is 0 Å². The van der Waals surface area contributed by atoms with Gasteiger partial charge in [-0.3, -0.25) is 14.9 Å². The first-order chi connectivity index (χ1) is 9.38. The minimum absolute atomic E-state index is 0.187. The van der Waals surface area contributed by atoms with Crippen molar-refractivity contribution in [2.24, 2.45) is 0 Å². The Balaban J connectivity index is 2.24. The molecule has 0 bridgehead atoms. The molecular formula is C13H11FN2O3S. The van der Waals surface area contributed by atoms with E-state index in [1.54, 1.807) is 6.07 Å². The number of nitrogens with one attached hydrogen (secondary N) is 1. The molecule has 20 heavy (non-hydrogen) atoms. The van der Waals surface area contributed by atoms with E-state index in [1.807, 2.05) is 13.8 Å². The van der Waals surface area contributed by atoms with E-state index in [9.17, 15) is 19.3 Å². The van der Waals surface area contributed by atoms with Gasteiger partial charge in [0.05, 0.1) is 9.80 Å². The Hall–Kier alpha value is -2.28. The molecule has 2 aromatic rings. The van der Waals surface area contributed by atoms with E-state index < -0.39 is 16.4 Å². The van der Waals surface area contributed by atoms with E-state index in [0.29, 0.717) is 4.88 Å². The number of amides is 1. The van der Waals surface area contributed by atoms with Gasteiger partial charge in [-0.15, -0.1) is 11.3 Å². The second kappa shape index (κ2) is 5.38. The highest BCUT2D eigenvalue weighted by Gasteiger charge is 2.16. The van der Waals surface area contributed by atoms with Crippen molar-refractivity contribution in [2.45, 2.75) is 13.8 Å². The summed E-state index contributed by atoms with van der Waals surface area (Å²) in [6.45, 7) is 3.80. The lowest BCUT2D eigenvalue weighted by molar-refractivity contribution is -0.387. The number of carbonyl (C=O) groups is 1. The van der Waals surface area contributed by atoms with E-state index in [1.165, 1.54) is 17.4 Å². The Morgan fingerprint density at radius 2 is 2.05 bits per heavy atom. The first-order valence-corrected chi connectivity index (χ1v) is 6.52. The van der Waals surface area contributed by atoms with Crippen LogP contribution in [0, 0.1) is 29.8 Å². The van der Waals surface area contributed by atoms with Crippen LogP contribution in [0.5, 0.6) is 0 Å². The lowest BCUT2D eigenvalue weighted by Gasteiger charge is -2.03. The maximum atomic E-state index is 13.2. The molecule has 0 radical (unpaired) electrons. The third-order valence-corrected chi connectivity index (χ3v) is 3.94. The van der Waals surface area contributed by atoms with Gasteiger partial charge in [-0.25, -0.2) is 0 Å². The van der Waals surface area contributed by atoms with Crippen LogP contribution in [-0.4, -0.2) is 10.8 Å². The Kier molecular flexibility index (Phi) is 3.80. The van der Waals surface area contributed by atoms with Crippen molar-refractivity contribution in [3.05, 3.63) is 55.5 Å². The molecule has 0 aliphatic heterocycles. The molecule has 1 aromatic heterocycles. The molecule has 2 rings (SSSR count). The van der Waals surface area contributed by atoms with Crippen LogP contribution in [0.25, 0.3) is 0 Å². The van der Waals surface area contributed by atoms with Gasteiger partial charge in [-0.1, -0.05) is 0 Å². The molecule has 0 saturated carbocycles. The zero-order valence-electron chi connectivity index (χ0n) is 10.8. The van der Waals surface area contributed by atoms with Crippen molar-refractivity contribution >= 4 is 28.6 Å². The summed E-state index contributed by atoms with van der Waals surface area (Å²) in [5, 5.41) is 13.2. The summed E-state index contributed by atoms with van der Waals surface area (Å²) in [5.74, 6) is -1.30. The van der Waals surface area contributed by atoms with E-state index in [-0.39, 0.29) is 11.6 Å². The number of anilines is 1. The van der Waals surface area contributed by atoms with Crippen molar-refractivity contribution in [1.82, 2.24) is 0 Å². The van der Waals surface area contributed by atoms with Crippen LogP contribution in [0.15, 0.2) is 24.3 Å². The lowest BCUT2D eigenvalue weighted by atomic mass is 10.2. The standard InChI is InChI=1S/C13H11FN2O3S/c1-7-5-12(20-8(7)2)13(17)15-9-3-4-10(14)11(6-9)16(18)19/h3-6H,1-2H3,(H,15,17). The van der Waals surface area contributed by atoms with Gasteiger partial charge in [0, 0.05) is 16.6 Å². The fraction of sp³-hybridized carbons (Fsp3) is 0.154. The van der Waals surface area contributed by atoms with Crippen LogP contribution in [0.1, 0.15) is 20.1 Å². The molecule has 104 valence electrons. The minimum atomic E-state index is -0.934. The number of nitro groups is 1. The van der Waals surface area contributed by atoms with Gasteiger partial charge in [0.1, 0.15) is 0 Å². The number of nitro benzene ring substituents is 1. The molecule has 1 aromatic carbocycles. The number of nitrogens with zero attached hydrogens (tertiary/aromatic N) is 1. The molecule has 0 unspecified atom stereocenters. The molecule has 1 N–H and O–H groups in total. The molecular weight excluding hydrogens is 283 g/mol. The van der Waals surface area contributed by atoms with Gasteiger partial charge < -0.3 is 5.32 Å². The second-order valence-corrected chi connectivity index (χ2v) is 5.48. The quantitative estimate of drug-likeness (QED) is 0.693. The van der Waals surface area contributed by atoms with E-state index in [0.717, 1.165) is 22.6 Å². The Labute approximate surface area is 118 Å². The van der Waals surface area contributed by atoms with Crippen molar-refractivity contribution in [1.29, 1.82) is 0 Å². The Morgan fingerprint density at radius 1 is 1.35 bits per heavy atom. The Bertz CT molecular complexity index is 677. The SMILES string of the molecule is Cc1cc(C(=O)Nc2ccc(F)c([N+](=O)[O-])c2)sc1C. The van der Waals surface area contributed by atoms with Crippen LogP contribution in [0.3, 0.4) is 0 Å². The smallest absolute Gasteiger partial charge is 0.306 e. The maximum Gasteiger partial charge on any atom is 0.306 e. The first kappa shape index (κ1) is 14.1. The molecule has 0 aliphatic carbocycles. The van der Waals surface area contributed by atoms with Crippen LogP contribution in [0.2, 0.25) is 0 Å². The predicted molar refractivity (Wildman–Crippen MR) is 74.8 cm³/mol. The van der Waals surface area contributed by atoms with Gasteiger partial charge in [0.2, 0.25) is 5.82 Å². The van der Waals surface area contributed by atoms with Gasteiger partial charge in [-0.05, 0) is 37.6 Å². The van der Waals surface area contributed by atoms with Gasteiger partial charge >= 0.3 is 5.69 Å². The molecule has 0 atom stereocenters. The van der Waals surface area contributed by atoms with Crippen molar-refractivity contribution < 1.29 is 14.1 Å². The zero-order valence-corrected chi connectivity index (χ0v) is 11.6. The van der Waals surface area contributed by atoms with Crippen LogP contribution < -0.4 is 5.32 Å². The normalized spacial score (nSPS) is 10.3. The predicted octanol–water partition coefficient (Wildman–Crippen LogP) is 3.66. The Morgan fingerprint density at radius 3 is 2.60 bits per heavy atom. The summed E-state index contributed by atoms with van der Waals surface area (Å²) < 4.78 is 13.2. The number of halogens is 1. The number of hydrogen-bond donors (Lipinski definition) is 1. The third-order valence-electron chi connectivity index (χ3n) is 2.79. The number of carbonyl (C=O) groups excluding carboxylic acids is 1. The molecule has 0 aliphatic rings. The van der Waals surface area contributed by atoms with Gasteiger partial charge in [0.25, 0.3) is 5.91 Å². The van der Waals surface area contributed by atoms with Crippen molar-refractivity contribution in [3.63, 3.8) is 0 Å². The van der Waals surface area contributed by atoms with Crippen LogP contribution in [0.4, 0.5) is 15.8 Å². The summed E-state index contributed by atoms with van der Waals surface area (Å²) in [6, 6.07) is 4.99. The zero-order chi connectivity index (χ0) is 14.9. The van der Waals surface area contributed by atoms with E-state index in [2.05, 4.69) is 5.32 Å². The highest BCUT2D eigenvalue weighted by molar-refractivity contribution is 7.14. The molecule has 0 saturated heterocycles. The first-order valence-electron chi connectivity index (χ1n) is 5.71. The molecule has 7 heteroatoms. The molecule has 0 spiro atoms. The average molecular weight is 294 g/mol. The number of aryl methyl sites for hydroxylation is 2. The van der Waals surface area contributed by atoms with Crippen molar-refractivity contribution in [2.75, 3.05) is 5.32 Å². The summed E-state index contributed by atoms with van der Waals surface area (Å²) in [6.07, 6.45) is 0. The summed E-state index contributed by atoms with van der Waals surface area (Å²) in [4.78, 5) is 23.3. The molecule has 1 amide bonds. The van der Waals surface area contributed by atoms with E-state index >= 15 is 0 Å². The average Bonchev–Trinajstić information content (AvgIpc) is 2.72. The van der Waals surface area contributed by atoms with Crippen molar-refractivity contribution in [3.8, 4) is 0 Å². The fourth-order valence-corrected chi connectivity index (χ4v) is 2.54. The maximum absolute atomic E-state index is 13.2. The topological polar surface area (TPSA) is 72.2 Å². The lowest BCUT2D eigenvalue weighted by Crippen LogP contribution is -2.10. The largest absolute Gasteiger partial charge is 0.321 e. The summed E-state index contributed by atoms with van der Waals surface area (Å²) in [5.41, 5.74) is 0.526. The molecule has 0 fully saturated rings. The second-order valence-electron chi connectivity index (χ2n) is 4.23. The summed E-state index contributed by atoms with van der Waals surface area (Å²) >= 11 is 1.34. The summed E-state index contributed by atoms with van der Waals surface area (Å²) in [7, 11) is 0. The number of thiophene rings is 1. The third kappa shape index (κ3) is 2.83. The molecule has 5 nitrogen and oxygen atoms in total. The highest BCUT2D eigenvalue weighted by atomic mass is 32.1. The van der Waals surface area contributed by atoms with Gasteiger partial charge in [-0.2, -0.15) is 4.39 Å². The number of benzene rings is 1. The minimum Gasteiger partial charge on any atom is -0.321 e. The molecule has 1 heterocycles. The van der Waals surface area contributed by atoms with Crippen LogP contribution in [-0.2, 0) is 0 Å². The number of rotatable bonds is 3. The fourth-order valence-electron chi connectivity index (χ4n) is 1.61. The number of hydrogen-bond acceptors (Lipinski definition) is 4. The van der Waals surface area contributed by atoms with Crippen LogP contribution >= 0.6 is 11.3 Å².